The molecule has 112 valence electrons. The van der Waals surface area contributed by atoms with Crippen molar-refractivity contribution in [3.8, 4) is 5.75 Å². The van der Waals surface area contributed by atoms with Crippen LogP contribution in [0.3, 0.4) is 0 Å². The van der Waals surface area contributed by atoms with Gasteiger partial charge in [-0.15, -0.1) is 0 Å². The molecule has 2 aromatic rings. The number of hydrogen-bond acceptors (Lipinski definition) is 4. The topological polar surface area (TPSA) is 103 Å². The highest BCUT2D eigenvalue weighted by Crippen LogP contribution is 2.17. The predicted octanol–water partition coefficient (Wildman–Crippen LogP) is 1.04. The second-order valence-corrected chi connectivity index (χ2v) is 4.40. The number of nitrogens with one attached hydrogen (secondary N) is 3. The number of hydrogen-bond donors (Lipinski definition) is 4. The van der Waals surface area contributed by atoms with Crippen LogP contribution in [-0.2, 0) is 0 Å². The highest BCUT2D eigenvalue weighted by atomic mass is 16.5. The Hall–Kier alpha value is -2.54. The minimum atomic E-state index is -0.490. The number of benzene rings is 1. The molecule has 0 unspecified atom stereocenters. The van der Waals surface area contributed by atoms with Crippen LogP contribution < -0.4 is 20.8 Å². The third-order valence-corrected chi connectivity index (χ3v) is 2.96. The number of methoxy groups -OCH3 is 1. The molecule has 1 heterocycles. The lowest BCUT2D eigenvalue weighted by Gasteiger charge is -2.08. The SMILES string of the molecule is COc1ccc2[nH]cc(NC(=O)NCCCO)c(=O)c2c1. The zero-order chi connectivity index (χ0) is 15.2. The molecule has 0 radical (unpaired) electrons. The number of aromatic nitrogens is 1. The number of aliphatic hydroxyl groups excluding tert-OH is 1. The molecule has 0 aliphatic rings. The second-order valence-electron chi connectivity index (χ2n) is 4.40. The normalized spacial score (nSPS) is 10.4. The van der Waals surface area contributed by atoms with Gasteiger partial charge in [0.25, 0.3) is 0 Å². The van der Waals surface area contributed by atoms with Gasteiger partial charge in [-0.3, -0.25) is 4.79 Å². The smallest absolute Gasteiger partial charge is 0.319 e. The van der Waals surface area contributed by atoms with Crippen molar-refractivity contribution in [1.82, 2.24) is 10.3 Å². The Morgan fingerprint density at radius 3 is 2.95 bits per heavy atom. The van der Waals surface area contributed by atoms with Crippen molar-refractivity contribution in [3.05, 3.63) is 34.6 Å². The number of pyridine rings is 1. The van der Waals surface area contributed by atoms with Crippen molar-refractivity contribution in [1.29, 1.82) is 0 Å². The summed E-state index contributed by atoms with van der Waals surface area (Å²) in [6, 6.07) is 4.60. The van der Waals surface area contributed by atoms with E-state index < -0.39 is 6.03 Å². The standard InChI is InChI=1S/C14H17N3O4/c1-21-9-3-4-11-10(7-9)13(19)12(8-16-11)17-14(20)15-5-2-6-18/h3-4,7-8,18H,2,5-6H2,1H3,(H,16,19)(H2,15,17,20). The Morgan fingerprint density at radius 2 is 2.24 bits per heavy atom. The summed E-state index contributed by atoms with van der Waals surface area (Å²) in [5.74, 6) is 0.567. The Balaban J connectivity index is 2.22. The highest BCUT2D eigenvalue weighted by molar-refractivity contribution is 5.92. The maximum Gasteiger partial charge on any atom is 0.319 e. The zero-order valence-electron chi connectivity index (χ0n) is 11.6. The molecule has 0 aliphatic carbocycles. The number of amides is 2. The Morgan fingerprint density at radius 1 is 1.43 bits per heavy atom. The van der Waals surface area contributed by atoms with E-state index in [0.717, 1.165) is 0 Å². The van der Waals surface area contributed by atoms with E-state index in [0.29, 0.717) is 29.6 Å². The summed E-state index contributed by atoms with van der Waals surface area (Å²) in [7, 11) is 1.52. The van der Waals surface area contributed by atoms with Gasteiger partial charge in [0.1, 0.15) is 11.4 Å². The van der Waals surface area contributed by atoms with Gasteiger partial charge >= 0.3 is 6.03 Å². The summed E-state index contributed by atoms with van der Waals surface area (Å²) in [6.07, 6.45) is 1.90. The van der Waals surface area contributed by atoms with Crippen molar-refractivity contribution >= 4 is 22.6 Å². The summed E-state index contributed by atoms with van der Waals surface area (Å²) >= 11 is 0. The number of aliphatic hydroxyl groups is 1. The Bertz CT molecular complexity index is 696. The number of H-pyrrole nitrogens is 1. The quantitative estimate of drug-likeness (QED) is 0.618. The van der Waals surface area contributed by atoms with Crippen molar-refractivity contribution in [2.75, 3.05) is 25.6 Å². The van der Waals surface area contributed by atoms with Crippen molar-refractivity contribution in [3.63, 3.8) is 0 Å². The third-order valence-electron chi connectivity index (χ3n) is 2.96. The van der Waals surface area contributed by atoms with E-state index in [2.05, 4.69) is 15.6 Å². The largest absolute Gasteiger partial charge is 0.497 e. The van der Waals surface area contributed by atoms with Crippen LogP contribution in [0, 0.1) is 0 Å². The summed E-state index contributed by atoms with van der Waals surface area (Å²) < 4.78 is 5.09. The molecule has 0 aliphatic heterocycles. The number of urea groups is 1. The molecule has 0 spiro atoms. The third kappa shape index (κ3) is 3.51. The van der Waals surface area contributed by atoms with Gasteiger partial charge < -0.3 is 25.5 Å². The van der Waals surface area contributed by atoms with Crippen LogP contribution in [0.5, 0.6) is 5.75 Å². The number of rotatable bonds is 5. The fraction of sp³-hybridized carbons (Fsp3) is 0.286. The zero-order valence-corrected chi connectivity index (χ0v) is 11.6. The molecule has 7 nitrogen and oxygen atoms in total. The molecule has 1 aromatic carbocycles. The second kappa shape index (κ2) is 6.76. The lowest BCUT2D eigenvalue weighted by Crippen LogP contribution is -2.31. The van der Waals surface area contributed by atoms with Gasteiger partial charge in [0, 0.05) is 24.9 Å². The molecule has 4 N–H and O–H groups in total. The van der Waals surface area contributed by atoms with Gasteiger partial charge in [-0.25, -0.2) is 4.79 Å². The molecular weight excluding hydrogens is 274 g/mol. The molecule has 0 saturated heterocycles. The Labute approximate surface area is 120 Å². The summed E-state index contributed by atoms with van der Waals surface area (Å²) in [5, 5.41) is 14.1. The molecular formula is C14H17N3O4. The van der Waals surface area contributed by atoms with Gasteiger partial charge in [0.15, 0.2) is 0 Å². The first-order valence-corrected chi connectivity index (χ1v) is 6.51. The van der Waals surface area contributed by atoms with E-state index in [9.17, 15) is 9.59 Å². The van der Waals surface area contributed by atoms with Crippen LogP contribution in [0.2, 0.25) is 0 Å². The number of ether oxygens (including phenoxy) is 1. The number of anilines is 1. The summed E-state index contributed by atoms with van der Waals surface area (Å²) in [6.45, 7) is 0.332. The molecule has 1 aromatic heterocycles. The van der Waals surface area contributed by atoms with Crippen molar-refractivity contribution in [2.24, 2.45) is 0 Å². The molecule has 0 saturated carbocycles. The summed E-state index contributed by atoms with van der Waals surface area (Å²) in [4.78, 5) is 26.9. The monoisotopic (exact) mass is 291 g/mol. The lowest BCUT2D eigenvalue weighted by molar-refractivity contribution is 0.249. The predicted molar refractivity (Wildman–Crippen MR) is 79.8 cm³/mol. The van der Waals surface area contributed by atoms with E-state index in [1.54, 1.807) is 18.2 Å². The number of aromatic amines is 1. The first-order valence-electron chi connectivity index (χ1n) is 6.51. The Kier molecular flexibility index (Phi) is 4.78. The maximum absolute atomic E-state index is 12.3. The minimum absolute atomic E-state index is 0.00334. The van der Waals surface area contributed by atoms with Crippen molar-refractivity contribution in [2.45, 2.75) is 6.42 Å². The molecule has 0 bridgehead atoms. The number of carbonyl (C=O) groups excluding carboxylic acids is 1. The average molecular weight is 291 g/mol. The first kappa shape index (κ1) is 14.9. The molecule has 2 amide bonds. The molecule has 0 fully saturated rings. The fourth-order valence-electron chi connectivity index (χ4n) is 1.86. The van der Waals surface area contributed by atoms with Gasteiger partial charge in [-0.1, -0.05) is 0 Å². The van der Waals surface area contributed by atoms with Crippen LogP contribution in [-0.4, -0.2) is 36.4 Å². The van der Waals surface area contributed by atoms with Crippen LogP contribution >= 0.6 is 0 Å². The van der Waals surface area contributed by atoms with Crippen LogP contribution in [0.15, 0.2) is 29.2 Å². The van der Waals surface area contributed by atoms with Gasteiger partial charge in [-0.05, 0) is 24.6 Å². The average Bonchev–Trinajstić information content (AvgIpc) is 2.50. The molecule has 2 rings (SSSR count). The first-order chi connectivity index (χ1) is 10.2. The molecule has 0 atom stereocenters. The van der Waals surface area contributed by atoms with Crippen molar-refractivity contribution < 1.29 is 14.6 Å². The van der Waals surface area contributed by atoms with Gasteiger partial charge in [0.05, 0.1) is 12.5 Å². The van der Waals surface area contributed by atoms with Gasteiger partial charge in [0.2, 0.25) is 5.43 Å². The highest BCUT2D eigenvalue weighted by Gasteiger charge is 2.09. The number of carbonyl (C=O) groups is 1. The van der Waals surface area contributed by atoms with Crippen LogP contribution in [0.4, 0.5) is 10.5 Å². The fourth-order valence-corrected chi connectivity index (χ4v) is 1.86. The van der Waals surface area contributed by atoms with E-state index >= 15 is 0 Å². The van der Waals surface area contributed by atoms with Gasteiger partial charge in [-0.2, -0.15) is 0 Å². The lowest BCUT2D eigenvalue weighted by atomic mass is 10.2. The van der Waals surface area contributed by atoms with Crippen LogP contribution in [0.25, 0.3) is 10.9 Å². The number of fused-ring (bicyclic) bond motifs is 1. The minimum Gasteiger partial charge on any atom is -0.497 e. The van der Waals surface area contributed by atoms with E-state index in [-0.39, 0.29) is 17.7 Å². The molecule has 7 heteroatoms. The van der Waals surface area contributed by atoms with E-state index in [1.165, 1.54) is 13.3 Å². The van der Waals surface area contributed by atoms with E-state index in [1.807, 2.05) is 0 Å². The molecule has 21 heavy (non-hydrogen) atoms. The summed E-state index contributed by atoms with van der Waals surface area (Å²) in [5.41, 5.74) is 0.518. The van der Waals surface area contributed by atoms with E-state index in [4.69, 9.17) is 9.84 Å². The maximum atomic E-state index is 12.3. The van der Waals surface area contributed by atoms with Crippen LogP contribution in [0.1, 0.15) is 6.42 Å².